The van der Waals surface area contributed by atoms with Gasteiger partial charge in [0.1, 0.15) is 39.6 Å². The molecule has 0 amide bonds. The van der Waals surface area contributed by atoms with Gasteiger partial charge in [-0.15, -0.1) is 0 Å². The molecule has 42 heavy (non-hydrogen) atoms. The molecule has 0 bridgehead atoms. The predicted molar refractivity (Wildman–Crippen MR) is 148 cm³/mol. The minimum Gasteiger partial charge on any atom is -0.465 e. The Balaban J connectivity index is 6.24. The largest absolute Gasteiger partial charge is 0.465 e. The highest BCUT2D eigenvalue weighted by Gasteiger charge is 2.40. The van der Waals surface area contributed by atoms with Gasteiger partial charge in [0, 0.05) is 38.5 Å². The maximum absolute atomic E-state index is 12.2. The van der Waals surface area contributed by atoms with E-state index in [9.17, 15) is 28.8 Å². The molecular weight excluding hydrogens is 556 g/mol. The van der Waals surface area contributed by atoms with E-state index in [0.717, 1.165) is 0 Å². The summed E-state index contributed by atoms with van der Waals surface area (Å²) in [6, 6.07) is 0. The molecule has 13 nitrogen and oxygen atoms in total. The first kappa shape index (κ1) is 38.8. The summed E-state index contributed by atoms with van der Waals surface area (Å²) in [7, 11) is 0. The van der Waals surface area contributed by atoms with Crippen LogP contribution in [0.4, 0.5) is 0 Å². The Labute approximate surface area is 248 Å². The Bertz CT molecular complexity index is 797. The second-order valence-electron chi connectivity index (χ2n) is 9.97. The Morgan fingerprint density at radius 1 is 0.381 bits per heavy atom. The number of ether oxygens (including phenoxy) is 7. The summed E-state index contributed by atoms with van der Waals surface area (Å²) in [5.41, 5.74) is -2.60. The lowest BCUT2D eigenvalue weighted by Gasteiger charge is -2.35. The zero-order valence-electron chi connectivity index (χ0n) is 25.9. The van der Waals surface area contributed by atoms with Crippen LogP contribution < -0.4 is 0 Å². The first-order valence-corrected chi connectivity index (χ1v) is 14.5. The lowest BCUT2D eigenvalue weighted by atomic mass is 9.90. The Hall–Kier alpha value is -3.22. The lowest BCUT2D eigenvalue weighted by Crippen LogP contribution is -2.47. The Morgan fingerprint density at radius 2 is 0.619 bits per heavy atom. The van der Waals surface area contributed by atoms with Crippen LogP contribution in [0, 0.1) is 10.8 Å². The van der Waals surface area contributed by atoms with Crippen LogP contribution in [0.25, 0.3) is 0 Å². The van der Waals surface area contributed by atoms with Crippen LogP contribution in [0.15, 0.2) is 0 Å². The van der Waals surface area contributed by atoms with Crippen molar-refractivity contribution in [1.29, 1.82) is 0 Å². The van der Waals surface area contributed by atoms with E-state index in [2.05, 4.69) is 0 Å². The summed E-state index contributed by atoms with van der Waals surface area (Å²) in [4.78, 5) is 72.3. The summed E-state index contributed by atoms with van der Waals surface area (Å²) in [5.74, 6) is -3.14. The fourth-order valence-corrected chi connectivity index (χ4v) is 3.17. The van der Waals surface area contributed by atoms with Crippen LogP contribution >= 0.6 is 0 Å². The molecule has 0 atom stereocenters. The van der Waals surface area contributed by atoms with Crippen LogP contribution in [-0.4, -0.2) is 88.7 Å². The fourth-order valence-electron chi connectivity index (χ4n) is 3.17. The summed E-state index contributed by atoms with van der Waals surface area (Å²) >= 11 is 0. The van der Waals surface area contributed by atoms with Crippen LogP contribution in [0.1, 0.15) is 86.5 Å². The van der Waals surface area contributed by atoms with Gasteiger partial charge in [-0.2, -0.15) is 0 Å². The van der Waals surface area contributed by atoms with E-state index in [4.69, 9.17) is 33.2 Å². The molecule has 0 aromatic heterocycles. The van der Waals surface area contributed by atoms with Crippen molar-refractivity contribution in [2.45, 2.75) is 86.5 Å². The van der Waals surface area contributed by atoms with Gasteiger partial charge in [-0.1, -0.05) is 41.5 Å². The molecule has 0 aliphatic heterocycles. The molecule has 0 heterocycles. The van der Waals surface area contributed by atoms with Crippen LogP contribution in [0.5, 0.6) is 0 Å². The van der Waals surface area contributed by atoms with E-state index < -0.39 is 46.6 Å². The van der Waals surface area contributed by atoms with Crippen LogP contribution in [-0.2, 0) is 61.9 Å². The van der Waals surface area contributed by atoms with Crippen molar-refractivity contribution in [3.63, 3.8) is 0 Å². The second-order valence-corrected chi connectivity index (χ2v) is 9.97. The van der Waals surface area contributed by atoms with Gasteiger partial charge in [-0.25, -0.2) is 0 Å². The third-order valence-electron chi connectivity index (χ3n) is 5.95. The molecule has 242 valence electrons. The number of hydrogen-bond donors (Lipinski definition) is 0. The number of esters is 6. The average molecular weight is 605 g/mol. The third-order valence-corrected chi connectivity index (χ3v) is 5.95. The van der Waals surface area contributed by atoms with E-state index in [1.165, 1.54) is 0 Å². The molecule has 0 aromatic carbocycles. The third kappa shape index (κ3) is 16.3. The van der Waals surface area contributed by atoms with Crippen molar-refractivity contribution >= 4 is 35.8 Å². The standard InChI is InChI=1S/C29H48O13/c1-7-13-27(35)42-21-29(19-40-25(33)11-5,20-41-26(34)12-6)15-36-14-28(16-37-22(30)8-2,17-38-23(31)9-3)18-39-24(32)10-4/h7-21H2,1-6H3. The van der Waals surface area contributed by atoms with Gasteiger partial charge >= 0.3 is 35.8 Å². The predicted octanol–water partition coefficient (Wildman–Crippen LogP) is 3.09. The van der Waals surface area contributed by atoms with Gasteiger partial charge in [0.15, 0.2) is 0 Å². The van der Waals surface area contributed by atoms with E-state index in [1.54, 1.807) is 34.6 Å². The summed E-state index contributed by atoms with van der Waals surface area (Å²) in [6.07, 6.45) is 1.11. The molecule has 0 unspecified atom stereocenters. The molecule has 13 heteroatoms. The SMILES string of the molecule is CCCC(=O)OCC(COCC(COC(=O)CC)(COC(=O)CC)COC(=O)CC)(COC(=O)CC)COC(=O)CC. The Morgan fingerprint density at radius 3 is 0.833 bits per heavy atom. The highest BCUT2D eigenvalue weighted by molar-refractivity contribution is 5.71. The maximum atomic E-state index is 12.2. The van der Waals surface area contributed by atoms with E-state index >= 15 is 0 Å². The molecule has 0 saturated carbocycles. The molecule has 0 saturated heterocycles. The molecule has 0 rings (SSSR count). The Kier molecular flexibility index (Phi) is 19.8. The number of carbonyl (C=O) groups excluding carboxylic acids is 6. The van der Waals surface area contributed by atoms with Crippen molar-refractivity contribution < 1.29 is 61.9 Å². The topological polar surface area (TPSA) is 167 Å². The van der Waals surface area contributed by atoms with Gasteiger partial charge in [-0.3, -0.25) is 28.8 Å². The number of hydrogen-bond acceptors (Lipinski definition) is 13. The van der Waals surface area contributed by atoms with E-state index in [0.29, 0.717) is 6.42 Å². The van der Waals surface area contributed by atoms with Crippen molar-refractivity contribution in [3.8, 4) is 0 Å². The first-order chi connectivity index (χ1) is 19.9. The highest BCUT2D eigenvalue weighted by Crippen LogP contribution is 2.26. The highest BCUT2D eigenvalue weighted by atomic mass is 16.6. The van der Waals surface area contributed by atoms with Crippen LogP contribution in [0.2, 0.25) is 0 Å². The number of carbonyl (C=O) groups is 6. The zero-order chi connectivity index (χ0) is 32.0. The van der Waals surface area contributed by atoms with Gasteiger partial charge in [0.2, 0.25) is 0 Å². The monoisotopic (exact) mass is 604 g/mol. The van der Waals surface area contributed by atoms with Crippen molar-refractivity contribution in [2.75, 3.05) is 52.9 Å². The fraction of sp³-hybridized carbons (Fsp3) is 0.793. The molecular formula is C29H48O13. The summed E-state index contributed by atoms with van der Waals surface area (Å²) < 4.78 is 38.3. The minimum absolute atomic E-state index is 0.0816. The molecule has 0 fully saturated rings. The number of rotatable bonds is 23. The molecule has 0 N–H and O–H groups in total. The van der Waals surface area contributed by atoms with E-state index in [1.807, 2.05) is 6.92 Å². The van der Waals surface area contributed by atoms with Gasteiger partial charge < -0.3 is 33.2 Å². The first-order valence-electron chi connectivity index (χ1n) is 14.5. The van der Waals surface area contributed by atoms with Gasteiger partial charge in [0.05, 0.1) is 24.0 Å². The lowest BCUT2D eigenvalue weighted by molar-refractivity contribution is -0.175. The van der Waals surface area contributed by atoms with Crippen molar-refractivity contribution in [2.24, 2.45) is 10.8 Å². The minimum atomic E-state index is -1.30. The second kappa shape index (κ2) is 21.5. The molecule has 0 aliphatic carbocycles. The molecule has 0 aromatic rings. The average Bonchev–Trinajstić information content (AvgIpc) is 3.00. The van der Waals surface area contributed by atoms with Crippen LogP contribution in [0.3, 0.4) is 0 Å². The van der Waals surface area contributed by atoms with Crippen molar-refractivity contribution in [3.05, 3.63) is 0 Å². The normalized spacial score (nSPS) is 11.3. The quantitative estimate of drug-likeness (QED) is 0.123. The van der Waals surface area contributed by atoms with E-state index in [-0.39, 0.29) is 91.4 Å². The maximum Gasteiger partial charge on any atom is 0.305 e. The summed E-state index contributed by atoms with van der Waals surface area (Å²) in [5, 5.41) is 0. The van der Waals surface area contributed by atoms with Gasteiger partial charge in [0.25, 0.3) is 0 Å². The molecule has 0 radical (unpaired) electrons. The van der Waals surface area contributed by atoms with Gasteiger partial charge in [-0.05, 0) is 6.42 Å². The summed E-state index contributed by atoms with van der Waals surface area (Å²) in [6.45, 7) is 7.53. The molecule has 0 spiro atoms. The zero-order valence-corrected chi connectivity index (χ0v) is 25.9. The molecule has 0 aliphatic rings. The smallest absolute Gasteiger partial charge is 0.305 e. The van der Waals surface area contributed by atoms with Crippen molar-refractivity contribution in [1.82, 2.24) is 0 Å².